The fourth-order valence-corrected chi connectivity index (χ4v) is 4.41. The number of hydrogen-bond donors (Lipinski definition) is 1. The van der Waals surface area contributed by atoms with Crippen molar-refractivity contribution in [2.75, 3.05) is 12.4 Å². The second-order valence-electron chi connectivity index (χ2n) is 4.97. The topological polar surface area (TPSA) is 51.2 Å². The number of carbonyl (C=O) groups is 1. The number of rotatable bonds is 4. The molecule has 0 fully saturated rings. The molecule has 0 saturated heterocycles. The van der Waals surface area contributed by atoms with Crippen molar-refractivity contribution >= 4 is 65.8 Å². The Morgan fingerprint density at radius 3 is 2.64 bits per heavy atom. The Balaban J connectivity index is 1.84. The van der Waals surface area contributed by atoms with Gasteiger partial charge in [0.25, 0.3) is 5.91 Å². The summed E-state index contributed by atoms with van der Waals surface area (Å²) in [6.07, 6.45) is 0. The van der Waals surface area contributed by atoms with Crippen molar-refractivity contribution in [3.8, 4) is 17.0 Å². The third-order valence-electron chi connectivity index (χ3n) is 3.32. The van der Waals surface area contributed by atoms with E-state index in [1.165, 1.54) is 18.4 Å². The summed E-state index contributed by atoms with van der Waals surface area (Å²) in [7, 11) is 1.52. The van der Waals surface area contributed by atoms with Gasteiger partial charge in [-0.2, -0.15) is 0 Å². The van der Waals surface area contributed by atoms with Crippen LogP contribution in [0.1, 0.15) is 10.4 Å². The van der Waals surface area contributed by atoms with Crippen LogP contribution in [-0.4, -0.2) is 18.0 Å². The zero-order valence-electron chi connectivity index (χ0n) is 12.8. The Kier molecular flexibility index (Phi) is 5.78. The van der Waals surface area contributed by atoms with Gasteiger partial charge in [-0.1, -0.05) is 39.7 Å². The smallest absolute Gasteiger partial charge is 0.261 e. The molecule has 0 saturated carbocycles. The molecule has 3 rings (SSSR count). The van der Waals surface area contributed by atoms with Gasteiger partial charge in [-0.3, -0.25) is 10.1 Å². The number of nitrogens with zero attached hydrogens (tertiary/aromatic N) is 1. The van der Waals surface area contributed by atoms with Crippen molar-refractivity contribution in [3.05, 3.63) is 61.3 Å². The summed E-state index contributed by atoms with van der Waals surface area (Å²) in [5.41, 5.74) is 2.12. The lowest BCUT2D eigenvalue weighted by atomic mass is 10.2. The number of halogens is 3. The summed E-state index contributed by atoms with van der Waals surface area (Å²) >= 11 is 14.0. The van der Waals surface area contributed by atoms with Crippen LogP contribution in [-0.2, 0) is 0 Å². The number of nitrogens with one attached hydrogen (secondary N) is 1. The number of hydrogen-bond acceptors (Lipinski definition) is 4. The predicted molar refractivity (Wildman–Crippen MR) is 109 cm³/mol. The first-order valence-electron chi connectivity index (χ1n) is 7.04. The van der Waals surface area contributed by atoms with Gasteiger partial charge in [0.05, 0.1) is 22.8 Å². The Morgan fingerprint density at radius 2 is 1.96 bits per heavy atom. The Morgan fingerprint density at radius 1 is 1.24 bits per heavy atom. The van der Waals surface area contributed by atoms with E-state index in [1.807, 2.05) is 23.6 Å². The van der Waals surface area contributed by atoms with Gasteiger partial charge in [0.15, 0.2) is 5.13 Å². The lowest BCUT2D eigenvalue weighted by Gasteiger charge is -2.10. The van der Waals surface area contributed by atoms with E-state index in [1.54, 1.807) is 18.2 Å². The molecule has 1 N–H and O–H groups in total. The maximum atomic E-state index is 12.6. The van der Waals surface area contributed by atoms with E-state index in [9.17, 15) is 4.79 Å². The number of amides is 1. The zero-order valence-corrected chi connectivity index (χ0v) is 17.6. The highest BCUT2D eigenvalue weighted by molar-refractivity contribution is 9.11. The van der Waals surface area contributed by atoms with Crippen LogP contribution in [0.4, 0.5) is 5.13 Å². The highest BCUT2D eigenvalue weighted by atomic mass is 79.9. The molecular formula is C17H11Br2ClN2O2S. The minimum atomic E-state index is -0.296. The van der Waals surface area contributed by atoms with E-state index < -0.39 is 0 Å². The lowest BCUT2D eigenvalue weighted by Crippen LogP contribution is -2.13. The third-order valence-corrected chi connectivity index (χ3v) is 5.38. The molecule has 0 unspecified atom stereocenters. The van der Waals surface area contributed by atoms with Crippen molar-refractivity contribution in [2.24, 2.45) is 0 Å². The van der Waals surface area contributed by atoms with Gasteiger partial charge >= 0.3 is 0 Å². The lowest BCUT2D eigenvalue weighted by molar-refractivity contribution is 0.102. The van der Waals surface area contributed by atoms with Gasteiger partial charge in [-0.05, 0) is 40.2 Å². The molecule has 1 amide bonds. The van der Waals surface area contributed by atoms with E-state index in [-0.39, 0.29) is 5.91 Å². The maximum Gasteiger partial charge on any atom is 0.261 e. The van der Waals surface area contributed by atoms with E-state index in [4.69, 9.17) is 16.3 Å². The molecule has 0 spiro atoms. The molecule has 0 radical (unpaired) electrons. The third kappa shape index (κ3) is 4.23. The highest BCUT2D eigenvalue weighted by Gasteiger charge is 2.18. The fourth-order valence-electron chi connectivity index (χ4n) is 2.19. The predicted octanol–water partition coefficient (Wildman–Crippen LogP) is 6.25. The fraction of sp³-hybridized carbons (Fsp3) is 0.0588. The van der Waals surface area contributed by atoms with Crippen LogP contribution >= 0.6 is 54.8 Å². The van der Waals surface area contributed by atoms with Crippen LogP contribution < -0.4 is 10.1 Å². The minimum Gasteiger partial charge on any atom is -0.495 e. The molecule has 8 heteroatoms. The van der Waals surface area contributed by atoms with Crippen LogP contribution in [0.25, 0.3) is 11.3 Å². The van der Waals surface area contributed by atoms with E-state index >= 15 is 0 Å². The van der Waals surface area contributed by atoms with E-state index in [0.717, 1.165) is 15.7 Å². The van der Waals surface area contributed by atoms with Gasteiger partial charge in [-0.15, -0.1) is 11.3 Å². The van der Waals surface area contributed by atoms with Crippen LogP contribution in [0.2, 0.25) is 5.02 Å². The number of anilines is 1. The van der Waals surface area contributed by atoms with Crippen molar-refractivity contribution in [1.29, 1.82) is 0 Å². The highest BCUT2D eigenvalue weighted by Crippen LogP contribution is 2.33. The number of aromatic nitrogens is 1. The quantitative estimate of drug-likeness (QED) is 0.459. The monoisotopic (exact) mass is 500 g/mol. The SMILES string of the molecule is COc1c(Br)cc(Br)cc1C(=O)Nc1nc(-c2ccc(Cl)cc2)cs1. The van der Waals surface area contributed by atoms with Crippen LogP contribution in [0.5, 0.6) is 5.75 Å². The first-order valence-corrected chi connectivity index (χ1v) is 9.88. The average Bonchev–Trinajstić information content (AvgIpc) is 3.03. The average molecular weight is 503 g/mol. The molecule has 3 aromatic rings. The Hall–Kier alpha value is -1.41. The number of carbonyl (C=O) groups excluding carboxylic acids is 1. The second kappa shape index (κ2) is 7.86. The molecule has 0 aliphatic heterocycles. The van der Waals surface area contributed by atoms with Gasteiger partial charge in [0.2, 0.25) is 0 Å². The summed E-state index contributed by atoms with van der Waals surface area (Å²) in [6.45, 7) is 0. The van der Waals surface area contributed by atoms with E-state index in [0.29, 0.717) is 25.9 Å². The largest absolute Gasteiger partial charge is 0.495 e. The van der Waals surface area contributed by atoms with Crippen LogP contribution in [0, 0.1) is 0 Å². The molecular weight excluding hydrogens is 492 g/mol. The number of benzene rings is 2. The van der Waals surface area contributed by atoms with Gasteiger partial charge in [-0.25, -0.2) is 4.98 Å². The molecule has 0 aliphatic rings. The normalized spacial score (nSPS) is 10.6. The standard InChI is InChI=1S/C17H11Br2ClN2O2S/c1-24-15-12(6-10(18)7-13(15)19)16(23)22-17-21-14(8-25-17)9-2-4-11(20)5-3-9/h2-8H,1H3,(H,21,22,23). The molecule has 0 atom stereocenters. The molecule has 2 aromatic carbocycles. The summed E-state index contributed by atoms with van der Waals surface area (Å²) in [5.74, 6) is 0.172. The first-order chi connectivity index (χ1) is 12.0. The first kappa shape index (κ1) is 18.4. The van der Waals surface area contributed by atoms with Crippen LogP contribution in [0.3, 0.4) is 0 Å². The molecule has 128 valence electrons. The summed E-state index contributed by atoms with van der Waals surface area (Å²) in [5, 5.41) is 5.87. The van der Waals surface area contributed by atoms with Crippen molar-refractivity contribution in [3.63, 3.8) is 0 Å². The van der Waals surface area contributed by atoms with Crippen molar-refractivity contribution < 1.29 is 9.53 Å². The second-order valence-corrected chi connectivity index (χ2v) is 8.03. The molecule has 25 heavy (non-hydrogen) atoms. The summed E-state index contributed by atoms with van der Waals surface area (Å²) in [4.78, 5) is 17.1. The van der Waals surface area contributed by atoms with Gasteiger partial charge in [0.1, 0.15) is 5.75 Å². The molecule has 0 bridgehead atoms. The summed E-state index contributed by atoms with van der Waals surface area (Å²) in [6, 6.07) is 10.9. The van der Waals surface area contributed by atoms with Crippen molar-refractivity contribution in [2.45, 2.75) is 0 Å². The van der Waals surface area contributed by atoms with E-state index in [2.05, 4.69) is 42.2 Å². The Bertz CT molecular complexity index is 929. The van der Waals surface area contributed by atoms with Gasteiger partial charge < -0.3 is 4.74 Å². The maximum absolute atomic E-state index is 12.6. The number of methoxy groups -OCH3 is 1. The zero-order chi connectivity index (χ0) is 18.0. The molecule has 1 aromatic heterocycles. The Labute approximate surface area is 170 Å². The minimum absolute atomic E-state index is 0.296. The summed E-state index contributed by atoms with van der Waals surface area (Å²) < 4.78 is 6.78. The van der Waals surface area contributed by atoms with Crippen molar-refractivity contribution in [1.82, 2.24) is 4.98 Å². The molecule has 0 aliphatic carbocycles. The number of ether oxygens (including phenoxy) is 1. The molecule has 1 heterocycles. The van der Waals surface area contributed by atoms with Crippen LogP contribution in [0.15, 0.2) is 50.7 Å². The van der Waals surface area contributed by atoms with Gasteiger partial charge in [0, 0.05) is 20.4 Å². The number of thiazole rings is 1. The molecule has 4 nitrogen and oxygen atoms in total.